The van der Waals surface area contributed by atoms with E-state index in [1.54, 1.807) is 0 Å². The largest absolute Gasteiger partial charge is 0.480 e. The van der Waals surface area contributed by atoms with Crippen LogP contribution in [0.15, 0.2) is 17.1 Å². The molecule has 0 aliphatic carbocycles. The van der Waals surface area contributed by atoms with Crippen LogP contribution in [0.1, 0.15) is 0 Å². The number of carboxylic acids is 1. The summed E-state index contributed by atoms with van der Waals surface area (Å²) >= 11 is 0. The topological polar surface area (TPSA) is 120 Å². The molecule has 18 heavy (non-hydrogen) atoms. The van der Waals surface area contributed by atoms with Gasteiger partial charge in [-0.3, -0.25) is 9.79 Å². The van der Waals surface area contributed by atoms with Crippen LogP contribution in [-0.2, 0) is 9.53 Å². The number of hydrogen-bond acceptors (Lipinski definition) is 6. The third kappa shape index (κ3) is 1.85. The highest BCUT2D eigenvalue weighted by atomic mass is 16.6. The molecule has 0 aromatic rings. The van der Waals surface area contributed by atoms with Crippen LogP contribution in [0.5, 0.6) is 0 Å². The Kier molecular flexibility index (Phi) is 3.49. The quantitative estimate of drug-likeness (QED) is 0.472. The molecule has 2 heterocycles. The van der Waals surface area contributed by atoms with Crippen molar-refractivity contribution < 1.29 is 30.0 Å². The number of ether oxygens (including phenoxy) is 1. The third-order valence-corrected chi connectivity index (χ3v) is 3.39. The fourth-order valence-electron chi connectivity index (χ4n) is 2.30. The number of dihydropyridines is 1. The first-order valence-electron chi connectivity index (χ1n) is 5.56. The molecule has 0 spiro atoms. The van der Waals surface area contributed by atoms with Crippen molar-refractivity contribution >= 4 is 12.2 Å². The van der Waals surface area contributed by atoms with E-state index in [4.69, 9.17) is 9.84 Å². The van der Waals surface area contributed by atoms with Crippen molar-refractivity contribution in [2.24, 2.45) is 10.4 Å². The predicted molar refractivity (Wildman–Crippen MR) is 60.3 cm³/mol. The highest BCUT2D eigenvalue weighted by Crippen LogP contribution is 2.37. The number of hydrogen-bond donors (Lipinski definition) is 4. The molecule has 0 amide bonds. The third-order valence-electron chi connectivity index (χ3n) is 3.39. The van der Waals surface area contributed by atoms with Gasteiger partial charge in [-0.25, -0.2) is 0 Å². The minimum Gasteiger partial charge on any atom is -0.480 e. The Bertz CT molecular complexity index is 395. The second-order valence-electron chi connectivity index (χ2n) is 4.45. The van der Waals surface area contributed by atoms with E-state index in [2.05, 4.69) is 4.99 Å². The molecule has 100 valence electrons. The Morgan fingerprint density at radius 1 is 1.44 bits per heavy atom. The van der Waals surface area contributed by atoms with Crippen molar-refractivity contribution in [1.29, 1.82) is 0 Å². The second kappa shape index (κ2) is 4.77. The number of carbonyl (C=O) groups is 1. The fourth-order valence-corrected chi connectivity index (χ4v) is 2.30. The smallest absolute Gasteiger partial charge is 0.318 e. The zero-order valence-corrected chi connectivity index (χ0v) is 9.51. The summed E-state index contributed by atoms with van der Waals surface area (Å²) in [7, 11) is 0. The number of nitrogens with zero attached hydrogens (tertiary/aromatic N) is 1. The summed E-state index contributed by atoms with van der Waals surface area (Å²) in [6.07, 6.45) is -0.500. The fraction of sp³-hybridized carbons (Fsp3) is 0.636. The van der Waals surface area contributed by atoms with Gasteiger partial charge in [-0.1, -0.05) is 6.08 Å². The first-order valence-corrected chi connectivity index (χ1v) is 5.56. The maximum atomic E-state index is 11.5. The Balaban J connectivity index is 2.31. The van der Waals surface area contributed by atoms with Crippen LogP contribution in [0, 0.1) is 5.41 Å². The standard InChI is InChI=1S/C11H15NO6/c13-4-6-7(14)8(15)9(18-6)11(10(16)17)2-1-3-12-5-11/h1-3,6-9,13-15H,4-5H2,(H,16,17)/t6-,7-,8-,9?,11?/m1/s1. The van der Waals surface area contributed by atoms with Gasteiger partial charge in [-0.15, -0.1) is 0 Å². The lowest BCUT2D eigenvalue weighted by Gasteiger charge is -2.33. The summed E-state index contributed by atoms with van der Waals surface area (Å²) in [6.45, 7) is -0.567. The molecule has 0 aromatic carbocycles. The van der Waals surface area contributed by atoms with Crippen LogP contribution in [0.3, 0.4) is 0 Å². The molecule has 0 aromatic heterocycles. The molecule has 0 radical (unpaired) electrons. The van der Waals surface area contributed by atoms with Crippen LogP contribution in [-0.4, -0.2) is 70.2 Å². The molecule has 7 nitrogen and oxygen atoms in total. The van der Waals surface area contributed by atoms with Crippen molar-refractivity contribution in [2.45, 2.75) is 24.4 Å². The summed E-state index contributed by atoms with van der Waals surface area (Å²) < 4.78 is 5.28. The molecular formula is C11H15NO6. The molecule has 2 rings (SSSR count). The Hall–Kier alpha value is -1.28. The lowest BCUT2D eigenvalue weighted by Crippen LogP contribution is -2.50. The molecule has 2 aliphatic rings. The van der Waals surface area contributed by atoms with Gasteiger partial charge in [-0.05, 0) is 6.08 Å². The molecule has 2 unspecified atom stereocenters. The number of aliphatic hydroxyl groups excluding tert-OH is 3. The summed E-state index contributed by atoms with van der Waals surface area (Å²) in [5.41, 5.74) is -1.51. The minimum atomic E-state index is -1.51. The predicted octanol–water partition coefficient (Wildman–Crippen LogP) is -1.82. The van der Waals surface area contributed by atoms with Gasteiger partial charge < -0.3 is 25.2 Å². The number of rotatable bonds is 3. The molecule has 4 N–H and O–H groups in total. The van der Waals surface area contributed by atoms with E-state index >= 15 is 0 Å². The van der Waals surface area contributed by atoms with Crippen molar-refractivity contribution in [1.82, 2.24) is 0 Å². The zero-order valence-electron chi connectivity index (χ0n) is 9.51. The number of aliphatic imine (C=N–C) groups is 1. The van der Waals surface area contributed by atoms with Gasteiger partial charge in [0.25, 0.3) is 0 Å². The lowest BCUT2D eigenvalue weighted by atomic mass is 9.78. The summed E-state index contributed by atoms with van der Waals surface area (Å²) in [5.74, 6) is -1.19. The van der Waals surface area contributed by atoms with Gasteiger partial charge >= 0.3 is 5.97 Å². The average molecular weight is 257 g/mol. The highest BCUT2D eigenvalue weighted by Gasteiger charge is 2.56. The summed E-state index contributed by atoms with van der Waals surface area (Å²) in [4.78, 5) is 15.3. The van der Waals surface area contributed by atoms with Crippen molar-refractivity contribution in [3.05, 3.63) is 12.2 Å². The van der Waals surface area contributed by atoms with E-state index in [0.717, 1.165) is 0 Å². The van der Waals surface area contributed by atoms with Gasteiger partial charge in [0.05, 0.1) is 13.2 Å². The lowest BCUT2D eigenvalue weighted by molar-refractivity contribution is -0.157. The molecule has 0 saturated carbocycles. The van der Waals surface area contributed by atoms with Crippen molar-refractivity contribution in [2.75, 3.05) is 13.2 Å². The average Bonchev–Trinajstić information content (AvgIpc) is 2.67. The van der Waals surface area contributed by atoms with Crippen LogP contribution in [0.4, 0.5) is 0 Å². The molecule has 1 saturated heterocycles. The second-order valence-corrected chi connectivity index (χ2v) is 4.45. The summed E-state index contributed by atoms with van der Waals surface area (Å²) in [5, 5.41) is 37.9. The first kappa shape index (κ1) is 13.2. The number of aliphatic carboxylic acids is 1. The van der Waals surface area contributed by atoms with Crippen LogP contribution in [0.25, 0.3) is 0 Å². The molecule has 1 fully saturated rings. The van der Waals surface area contributed by atoms with Crippen molar-refractivity contribution in [3.8, 4) is 0 Å². The molecule has 7 heteroatoms. The Morgan fingerprint density at radius 2 is 2.17 bits per heavy atom. The van der Waals surface area contributed by atoms with E-state index in [1.807, 2.05) is 0 Å². The van der Waals surface area contributed by atoms with E-state index < -0.39 is 42.4 Å². The van der Waals surface area contributed by atoms with Gasteiger partial charge in [0.1, 0.15) is 29.8 Å². The Labute approximate surface area is 103 Å². The summed E-state index contributed by atoms with van der Waals surface area (Å²) in [6, 6.07) is 0. The van der Waals surface area contributed by atoms with Gasteiger partial charge in [0.2, 0.25) is 0 Å². The zero-order chi connectivity index (χ0) is 13.3. The number of aliphatic hydroxyl groups is 3. The maximum absolute atomic E-state index is 11.5. The van der Waals surface area contributed by atoms with Crippen molar-refractivity contribution in [3.63, 3.8) is 0 Å². The van der Waals surface area contributed by atoms with E-state index in [9.17, 15) is 20.1 Å². The molecular weight excluding hydrogens is 242 g/mol. The maximum Gasteiger partial charge on any atom is 0.318 e. The van der Waals surface area contributed by atoms with E-state index in [1.165, 1.54) is 18.4 Å². The molecule has 2 aliphatic heterocycles. The van der Waals surface area contributed by atoms with Crippen LogP contribution >= 0.6 is 0 Å². The SMILES string of the molecule is O=C(O)C1(C2O[C@H](CO)[C@@H](O)[C@H]2O)C=CC=NC1. The normalized spacial score (nSPS) is 43.3. The molecule has 5 atom stereocenters. The van der Waals surface area contributed by atoms with E-state index in [0.29, 0.717) is 0 Å². The van der Waals surface area contributed by atoms with E-state index in [-0.39, 0.29) is 6.54 Å². The number of allylic oxidation sites excluding steroid dienone is 1. The Morgan fingerprint density at radius 3 is 2.61 bits per heavy atom. The van der Waals surface area contributed by atoms with Crippen LogP contribution in [0.2, 0.25) is 0 Å². The highest BCUT2D eigenvalue weighted by molar-refractivity contribution is 5.83. The van der Waals surface area contributed by atoms with Crippen LogP contribution < -0.4 is 0 Å². The van der Waals surface area contributed by atoms with Gasteiger partial charge in [0, 0.05) is 6.21 Å². The monoisotopic (exact) mass is 257 g/mol. The minimum absolute atomic E-state index is 0.0779. The first-order chi connectivity index (χ1) is 8.53. The molecule has 0 bridgehead atoms. The van der Waals surface area contributed by atoms with Gasteiger partial charge in [-0.2, -0.15) is 0 Å². The van der Waals surface area contributed by atoms with Gasteiger partial charge in [0.15, 0.2) is 0 Å². The number of carboxylic acid groups (broad SMARTS) is 1.